The van der Waals surface area contributed by atoms with Crippen molar-refractivity contribution in [3.8, 4) is 0 Å². The van der Waals surface area contributed by atoms with Gasteiger partial charge in [0.25, 0.3) is 0 Å². The van der Waals surface area contributed by atoms with Crippen LogP contribution < -0.4 is 5.46 Å². The molecule has 0 bridgehead atoms. The van der Waals surface area contributed by atoms with Gasteiger partial charge in [-0.3, -0.25) is 4.79 Å². The average Bonchev–Trinajstić information content (AvgIpc) is 3.37. The number of Topliss-reactive ketones (excluding diaryl/α,β-unsaturated/α-hetero) is 1. The zero-order valence-corrected chi connectivity index (χ0v) is 15.9. The summed E-state index contributed by atoms with van der Waals surface area (Å²) in [7, 11) is -0.338. The number of benzene rings is 2. The summed E-state index contributed by atoms with van der Waals surface area (Å²) >= 11 is 0. The Hall–Kier alpha value is -1.91. The zero-order valence-electron chi connectivity index (χ0n) is 15.9. The molecule has 1 heterocycles. The lowest BCUT2D eigenvalue weighted by atomic mass is 9.78. The molecule has 4 heteroatoms. The van der Waals surface area contributed by atoms with Crippen LogP contribution in [0.4, 0.5) is 0 Å². The highest BCUT2D eigenvalue weighted by molar-refractivity contribution is 6.62. The Labute approximate surface area is 155 Å². The van der Waals surface area contributed by atoms with E-state index in [1.54, 1.807) is 0 Å². The van der Waals surface area contributed by atoms with E-state index >= 15 is 0 Å². The first-order valence-electron chi connectivity index (χ1n) is 9.33. The molecule has 0 amide bonds. The van der Waals surface area contributed by atoms with E-state index in [0.29, 0.717) is 5.92 Å². The predicted molar refractivity (Wildman–Crippen MR) is 104 cm³/mol. The highest BCUT2D eigenvalue weighted by atomic mass is 16.7. The Bertz CT molecular complexity index is 795. The van der Waals surface area contributed by atoms with Crippen LogP contribution in [0, 0.1) is 5.92 Å². The van der Waals surface area contributed by atoms with Crippen molar-refractivity contribution in [3.63, 3.8) is 0 Å². The second-order valence-electron chi connectivity index (χ2n) is 8.43. The molecule has 2 aromatic rings. The van der Waals surface area contributed by atoms with Crippen molar-refractivity contribution in [1.29, 1.82) is 0 Å². The van der Waals surface area contributed by atoms with Crippen molar-refractivity contribution in [1.82, 2.24) is 0 Å². The van der Waals surface area contributed by atoms with Crippen molar-refractivity contribution < 1.29 is 14.1 Å². The number of hydrogen-bond acceptors (Lipinski definition) is 3. The Morgan fingerprint density at radius 2 is 1.50 bits per heavy atom. The smallest absolute Gasteiger partial charge is 0.399 e. The third kappa shape index (κ3) is 3.02. The fraction of sp³-hybridized carbons (Fsp3) is 0.409. The van der Waals surface area contributed by atoms with Gasteiger partial charge in [-0.15, -0.1) is 0 Å². The third-order valence-electron chi connectivity index (χ3n) is 6.08. The van der Waals surface area contributed by atoms with E-state index in [1.807, 2.05) is 30.3 Å². The van der Waals surface area contributed by atoms with E-state index in [0.717, 1.165) is 17.4 Å². The van der Waals surface area contributed by atoms with Crippen molar-refractivity contribution >= 4 is 18.4 Å². The molecule has 2 fully saturated rings. The van der Waals surface area contributed by atoms with Crippen LogP contribution in [0.5, 0.6) is 0 Å². The lowest BCUT2D eigenvalue weighted by molar-refractivity contribution is 0.00578. The Morgan fingerprint density at radius 3 is 2.08 bits per heavy atom. The van der Waals surface area contributed by atoms with Gasteiger partial charge in [-0.25, -0.2) is 0 Å². The number of carbonyl (C=O) groups excluding carboxylic acids is 1. The zero-order chi connectivity index (χ0) is 18.5. The van der Waals surface area contributed by atoms with Crippen LogP contribution in [0.15, 0.2) is 54.6 Å². The average molecular weight is 348 g/mol. The van der Waals surface area contributed by atoms with E-state index < -0.39 is 0 Å². The van der Waals surface area contributed by atoms with Gasteiger partial charge in [0.15, 0.2) is 5.78 Å². The molecule has 1 saturated carbocycles. The highest BCUT2D eigenvalue weighted by Gasteiger charge is 2.51. The summed E-state index contributed by atoms with van der Waals surface area (Å²) in [6.45, 7) is 8.24. The molecule has 0 aromatic heterocycles. The molecule has 1 aliphatic carbocycles. The molecule has 1 saturated heterocycles. The first-order chi connectivity index (χ1) is 12.3. The minimum atomic E-state index is -0.338. The van der Waals surface area contributed by atoms with Gasteiger partial charge < -0.3 is 9.31 Å². The van der Waals surface area contributed by atoms with E-state index in [9.17, 15) is 4.79 Å². The Balaban J connectivity index is 1.44. The van der Waals surface area contributed by atoms with Gasteiger partial charge in [0.1, 0.15) is 0 Å². The standard InChI is InChI=1S/C22H25BO3/c1-21(2)22(3,4)26-23(25-21)17-12-10-15(11-13-17)18-14-19(18)20(24)16-8-6-5-7-9-16/h5-13,18-19H,14H2,1-4H3. The summed E-state index contributed by atoms with van der Waals surface area (Å²) < 4.78 is 12.2. The fourth-order valence-electron chi connectivity index (χ4n) is 3.55. The van der Waals surface area contributed by atoms with Crippen LogP contribution in [0.3, 0.4) is 0 Å². The van der Waals surface area contributed by atoms with Crippen LogP contribution in [0.25, 0.3) is 0 Å². The molecule has 4 rings (SSSR count). The summed E-state index contributed by atoms with van der Waals surface area (Å²) in [6, 6.07) is 18.0. The molecular formula is C22H25BO3. The van der Waals surface area contributed by atoms with Crippen molar-refractivity contribution in [2.24, 2.45) is 5.92 Å². The minimum Gasteiger partial charge on any atom is -0.399 e. The highest BCUT2D eigenvalue weighted by Crippen LogP contribution is 2.49. The maximum atomic E-state index is 12.6. The minimum absolute atomic E-state index is 0.111. The first-order valence-corrected chi connectivity index (χ1v) is 9.33. The van der Waals surface area contributed by atoms with Gasteiger partial charge in [0.05, 0.1) is 11.2 Å². The molecule has 2 aromatic carbocycles. The van der Waals surface area contributed by atoms with Crippen LogP contribution in [-0.2, 0) is 9.31 Å². The van der Waals surface area contributed by atoms with Gasteiger partial charge >= 0.3 is 7.12 Å². The third-order valence-corrected chi connectivity index (χ3v) is 6.08. The van der Waals surface area contributed by atoms with Crippen LogP contribution in [-0.4, -0.2) is 24.1 Å². The number of carbonyl (C=O) groups is 1. The predicted octanol–water partition coefficient (Wildman–Crippen LogP) is 3.97. The summed E-state index contributed by atoms with van der Waals surface area (Å²) in [5, 5.41) is 0. The molecule has 2 atom stereocenters. The maximum Gasteiger partial charge on any atom is 0.494 e. The second kappa shape index (κ2) is 6.07. The quantitative estimate of drug-likeness (QED) is 0.620. The summed E-state index contributed by atoms with van der Waals surface area (Å²) in [6.07, 6.45) is 0.934. The largest absolute Gasteiger partial charge is 0.494 e. The van der Waals surface area contributed by atoms with Crippen molar-refractivity contribution in [3.05, 3.63) is 65.7 Å². The van der Waals surface area contributed by atoms with E-state index in [-0.39, 0.29) is 30.0 Å². The summed E-state index contributed by atoms with van der Waals surface area (Å²) in [5.41, 5.74) is 2.40. The Kier molecular flexibility index (Phi) is 4.09. The van der Waals surface area contributed by atoms with Crippen LogP contribution in [0.1, 0.15) is 56.0 Å². The molecule has 0 radical (unpaired) electrons. The normalized spacial score (nSPS) is 25.9. The first kappa shape index (κ1) is 17.5. The lowest BCUT2D eigenvalue weighted by Gasteiger charge is -2.32. The number of ketones is 1. The number of rotatable bonds is 4. The van der Waals surface area contributed by atoms with Crippen LogP contribution in [0.2, 0.25) is 0 Å². The second-order valence-corrected chi connectivity index (χ2v) is 8.43. The molecule has 2 unspecified atom stereocenters. The molecule has 1 aliphatic heterocycles. The molecule has 134 valence electrons. The lowest BCUT2D eigenvalue weighted by Crippen LogP contribution is -2.41. The van der Waals surface area contributed by atoms with Crippen molar-refractivity contribution in [2.45, 2.75) is 51.2 Å². The molecular weight excluding hydrogens is 323 g/mol. The molecule has 26 heavy (non-hydrogen) atoms. The van der Waals surface area contributed by atoms with Gasteiger partial charge in [0, 0.05) is 11.5 Å². The van der Waals surface area contributed by atoms with Gasteiger partial charge in [-0.05, 0) is 51.1 Å². The van der Waals surface area contributed by atoms with E-state index in [4.69, 9.17) is 9.31 Å². The molecule has 2 aliphatic rings. The van der Waals surface area contributed by atoms with E-state index in [2.05, 4.69) is 52.0 Å². The maximum absolute atomic E-state index is 12.6. The summed E-state index contributed by atoms with van der Waals surface area (Å²) in [4.78, 5) is 12.6. The fourth-order valence-corrected chi connectivity index (χ4v) is 3.55. The van der Waals surface area contributed by atoms with Crippen LogP contribution >= 0.6 is 0 Å². The van der Waals surface area contributed by atoms with E-state index in [1.165, 1.54) is 5.56 Å². The van der Waals surface area contributed by atoms with Crippen molar-refractivity contribution in [2.75, 3.05) is 0 Å². The number of hydrogen-bond donors (Lipinski definition) is 0. The van der Waals surface area contributed by atoms with Gasteiger partial charge in [0.2, 0.25) is 0 Å². The monoisotopic (exact) mass is 348 g/mol. The molecule has 0 N–H and O–H groups in total. The Morgan fingerprint density at radius 1 is 0.923 bits per heavy atom. The SMILES string of the molecule is CC1(C)OB(c2ccc(C3CC3C(=O)c3ccccc3)cc2)OC1(C)C. The topological polar surface area (TPSA) is 35.5 Å². The van der Waals surface area contributed by atoms with Gasteiger partial charge in [-0.1, -0.05) is 54.6 Å². The molecule has 0 spiro atoms. The van der Waals surface area contributed by atoms with Gasteiger partial charge in [-0.2, -0.15) is 0 Å². The summed E-state index contributed by atoms with van der Waals surface area (Å²) in [5.74, 6) is 0.695. The molecule has 3 nitrogen and oxygen atoms in total.